The van der Waals surface area contributed by atoms with Gasteiger partial charge in [-0.2, -0.15) is 0 Å². The van der Waals surface area contributed by atoms with Gasteiger partial charge in [0, 0.05) is 11.6 Å². The number of halogens is 2. The van der Waals surface area contributed by atoms with Crippen molar-refractivity contribution in [3.05, 3.63) is 69.3 Å². The van der Waals surface area contributed by atoms with Crippen molar-refractivity contribution in [1.82, 2.24) is 10.6 Å². The number of hydrogen-bond acceptors (Lipinski definition) is 5. The number of amides is 2. The molecule has 0 saturated carbocycles. The number of nitro benzene ring substituents is 1. The van der Waals surface area contributed by atoms with Crippen LogP contribution in [0.1, 0.15) is 28.9 Å². The van der Waals surface area contributed by atoms with Gasteiger partial charge >= 0.3 is 5.69 Å². The van der Waals surface area contributed by atoms with Crippen LogP contribution < -0.4 is 15.4 Å². The van der Waals surface area contributed by atoms with E-state index in [0.29, 0.717) is 5.56 Å². The highest BCUT2D eigenvalue weighted by atomic mass is 19.2. The molecule has 28 heavy (non-hydrogen) atoms. The Morgan fingerprint density at radius 2 is 1.89 bits per heavy atom. The molecule has 1 atom stereocenters. The zero-order valence-corrected chi connectivity index (χ0v) is 15.0. The number of nitrogens with zero attached hydrogens (tertiary/aromatic N) is 1. The highest BCUT2D eigenvalue weighted by molar-refractivity contribution is 5.97. The first-order valence-corrected chi connectivity index (χ1v) is 8.08. The van der Waals surface area contributed by atoms with E-state index in [4.69, 9.17) is 4.74 Å². The maximum absolute atomic E-state index is 13.3. The Morgan fingerprint density at radius 3 is 2.50 bits per heavy atom. The number of carbonyl (C=O) groups excluding carboxylic acids is 2. The predicted molar refractivity (Wildman–Crippen MR) is 94.9 cm³/mol. The van der Waals surface area contributed by atoms with Gasteiger partial charge in [-0.15, -0.1) is 0 Å². The van der Waals surface area contributed by atoms with E-state index in [9.17, 15) is 28.5 Å². The Bertz CT molecular complexity index is 920. The molecule has 0 bridgehead atoms. The summed E-state index contributed by atoms with van der Waals surface area (Å²) in [7, 11) is 1.26. The molecule has 0 heterocycles. The minimum Gasteiger partial charge on any atom is -0.490 e. The fourth-order valence-electron chi connectivity index (χ4n) is 2.39. The minimum absolute atomic E-state index is 0.000326. The molecule has 8 nitrogen and oxygen atoms in total. The van der Waals surface area contributed by atoms with E-state index in [0.717, 1.165) is 18.2 Å². The fraction of sp³-hybridized carbons (Fsp3) is 0.222. The summed E-state index contributed by atoms with van der Waals surface area (Å²) in [6.07, 6.45) is 0. The number of methoxy groups -OCH3 is 1. The molecule has 2 amide bonds. The van der Waals surface area contributed by atoms with Gasteiger partial charge in [0.05, 0.1) is 24.6 Å². The Balaban J connectivity index is 1.96. The van der Waals surface area contributed by atoms with Crippen LogP contribution in [0, 0.1) is 21.7 Å². The molecular weight excluding hydrogens is 376 g/mol. The summed E-state index contributed by atoms with van der Waals surface area (Å²) in [4.78, 5) is 34.4. The zero-order valence-electron chi connectivity index (χ0n) is 15.0. The molecule has 2 aromatic carbocycles. The van der Waals surface area contributed by atoms with E-state index in [-0.39, 0.29) is 17.0 Å². The van der Waals surface area contributed by atoms with E-state index in [2.05, 4.69) is 10.6 Å². The zero-order chi connectivity index (χ0) is 20.8. The van der Waals surface area contributed by atoms with Gasteiger partial charge in [-0.05, 0) is 36.8 Å². The van der Waals surface area contributed by atoms with Gasteiger partial charge in [-0.3, -0.25) is 19.7 Å². The second-order valence-corrected chi connectivity index (χ2v) is 5.79. The SMILES string of the molecule is COc1ccc(C(=O)NCC(=O)NC(C)c2ccc(F)c(F)c2)cc1[N+](=O)[O-]. The summed E-state index contributed by atoms with van der Waals surface area (Å²) in [6.45, 7) is 1.16. The highest BCUT2D eigenvalue weighted by Crippen LogP contribution is 2.27. The van der Waals surface area contributed by atoms with E-state index >= 15 is 0 Å². The average molecular weight is 393 g/mol. The highest BCUT2D eigenvalue weighted by Gasteiger charge is 2.19. The molecule has 10 heteroatoms. The summed E-state index contributed by atoms with van der Waals surface area (Å²) in [5.41, 5.74) is -0.0510. The van der Waals surface area contributed by atoms with Crippen molar-refractivity contribution in [2.24, 2.45) is 0 Å². The third-order valence-electron chi connectivity index (χ3n) is 3.87. The molecule has 0 fully saturated rings. The van der Waals surface area contributed by atoms with Crippen molar-refractivity contribution in [2.45, 2.75) is 13.0 Å². The lowest BCUT2D eigenvalue weighted by Gasteiger charge is -2.15. The quantitative estimate of drug-likeness (QED) is 0.555. The fourth-order valence-corrected chi connectivity index (χ4v) is 2.39. The van der Waals surface area contributed by atoms with Crippen LogP contribution in [-0.4, -0.2) is 30.4 Å². The molecule has 0 aromatic heterocycles. The van der Waals surface area contributed by atoms with E-state index in [1.54, 1.807) is 6.92 Å². The first-order chi connectivity index (χ1) is 13.2. The Labute approximate surface area is 158 Å². The van der Waals surface area contributed by atoms with E-state index < -0.39 is 41.0 Å². The normalized spacial score (nSPS) is 11.4. The van der Waals surface area contributed by atoms with Crippen LogP contribution in [-0.2, 0) is 4.79 Å². The van der Waals surface area contributed by atoms with Crippen LogP contribution in [0.25, 0.3) is 0 Å². The first kappa shape index (κ1) is 20.7. The van der Waals surface area contributed by atoms with Crippen molar-refractivity contribution in [1.29, 1.82) is 0 Å². The minimum atomic E-state index is -1.03. The van der Waals surface area contributed by atoms with E-state index in [1.165, 1.54) is 25.3 Å². The monoisotopic (exact) mass is 393 g/mol. The van der Waals surface area contributed by atoms with Gasteiger partial charge in [0.1, 0.15) is 0 Å². The molecule has 0 spiro atoms. The lowest BCUT2D eigenvalue weighted by atomic mass is 10.1. The lowest BCUT2D eigenvalue weighted by Crippen LogP contribution is -2.38. The molecule has 0 saturated heterocycles. The van der Waals surface area contributed by atoms with Gasteiger partial charge in [-0.25, -0.2) is 8.78 Å². The topological polar surface area (TPSA) is 111 Å². The largest absolute Gasteiger partial charge is 0.490 e. The smallest absolute Gasteiger partial charge is 0.311 e. The van der Waals surface area contributed by atoms with Crippen LogP contribution in [0.3, 0.4) is 0 Å². The van der Waals surface area contributed by atoms with Crippen LogP contribution in [0.5, 0.6) is 5.75 Å². The molecule has 0 radical (unpaired) electrons. The van der Waals surface area contributed by atoms with Crippen LogP contribution in [0.2, 0.25) is 0 Å². The van der Waals surface area contributed by atoms with Crippen molar-refractivity contribution in [2.75, 3.05) is 13.7 Å². The van der Waals surface area contributed by atoms with Gasteiger partial charge in [0.2, 0.25) is 5.91 Å². The molecule has 148 valence electrons. The number of ether oxygens (including phenoxy) is 1. The number of nitro groups is 1. The predicted octanol–water partition coefficient (Wildman–Crippen LogP) is 2.49. The molecule has 0 aliphatic heterocycles. The third kappa shape index (κ3) is 5.00. The molecule has 2 rings (SSSR count). The summed E-state index contributed by atoms with van der Waals surface area (Å²) < 4.78 is 31.1. The van der Waals surface area contributed by atoms with Crippen molar-refractivity contribution in [3.8, 4) is 5.75 Å². The Morgan fingerprint density at radius 1 is 1.18 bits per heavy atom. The molecule has 0 aliphatic rings. The number of carbonyl (C=O) groups is 2. The molecule has 2 N–H and O–H groups in total. The van der Waals surface area contributed by atoms with Gasteiger partial charge < -0.3 is 15.4 Å². The second-order valence-electron chi connectivity index (χ2n) is 5.79. The molecule has 1 unspecified atom stereocenters. The van der Waals surface area contributed by atoms with Crippen LogP contribution >= 0.6 is 0 Å². The van der Waals surface area contributed by atoms with Crippen LogP contribution in [0.4, 0.5) is 14.5 Å². The first-order valence-electron chi connectivity index (χ1n) is 8.08. The average Bonchev–Trinajstić information content (AvgIpc) is 2.67. The summed E-state index contributed by atoms with van der Waals surface area (Å²) in [5.74, 6) is -3.30. The Kier molecular flexibility index (Phi) is 6.59. The van der Waals surface area contributed by atoms with Crippen molar-refractivity contribution in [3.63, 3.8) is 0 Å². The summed E-state index contributed by atoms with van der Waals surface area (Å²) >= 11 is 0. The van der Waals surface area contributed by atoms with Gasteiger partial charge in [-0.1, -0.05) is 6.07 Å². The van der Waals surface area contributed by atoms with Crippen LogP contribution in [0.15, 0.2) is 36.4 Å². The Hall–Kier alpha value is -3.56. The standard InChI is InChI=1S/C18H17F2N3O5/c1-10(11-3-5-13(19)14(20)7-11)22-17(24)9-21-18(25)12-4-6-16(28-2)15(8-12)23(26)27/h3-8,10H,9H2,1-2H3,(H,21,25)(H,22,24). The van der Waals surface area contributed by atoms with Gasteiger partial charge in [0.15, 0.2) is 17.4 Å². The summed E-state index contributed by atoms with van der Waals surface area (Å²) in [5, 5.41) is 15.9. The number of benzene rings is 2. The maximum atomic E-state index is 13.3. The molecular formula is C18H17F2N3O5. The van der Waals surface area contributed by atoms with Gasteiger partial charge in [0.25, 0.3) is 5.91 Å². The molecule has 2 aromatic rings. The lowest BCUT2D eigenvalue weighted by molar-refractivity contribution is -0.385. The van der Waals surface area contributed by atoms with E-state index in [1.807, 2.05) is 0 Å². The third-order valence-corrected chi connectivity index (χ3v) is 3.87. The number of rotatable bonds is 7. The van der Waals surface area contributed by atoms with Crippen molar-refractivity contribution >= 4 is 17.5 Å². The second kappa shape index (κ2) is 8.89. The summed E-state index contributed by atoms with van der Waals surface area (Å²) in [6, 6.07) is 6.26. The number of nitrogens with one attached hydrogen (secondary N) is 2. The van der Waals surface area contributed by atoms with Crippen molar-refractivity contribution < 1.29 is 28.0 Å². The maximum Gasteiger partial charge on any atom is 0.311 e. The molecule has 0 aliphatic carbocycles. The number of hydrogen-bond donors (Lipinski definition) is 2.